The number of nitrogens with one attached hydrogen (secondary N) is 2. The number of nitrogens with two attached hydrogens (primary N) is 1. The quantitative estimate of drug-likeness (QED) is 0.556. The zero-order chi connectivity index (χ0) is 9.90. The molecule has 1 heterocycles. The van der Waals surface area contributed by atoms with Gasteiger partial charge >= 0.3 is 0 Å². The summed E-state index contributed by atoms with van der Waals surface area (Å²) in [5.74, 6) is 0.905. The summed E-state index contributed by atoms with van der Waals surface area (Å²) < 4.78 is 23.6. The van der Waals surface area contributed by atoms with Gasteiger partial charge in [-0.1, -0.05) is 6.92 Å². The third-order valence-electron chi connectivity index (χ3n) is 2.53. The van der Waals surface area contributed by atoms with Crippen LogP contribution in [0.4, 0.5) is 0 Å². The molecule has 1 aliphatic heterocycles. The molecule has 0 saturated carbocycles. The van der Waals surface area contributed by atoms with Gasteiger partial charge < -0.3 is 5.32 Å². The van der Waals surface area contributed by atoms with Crippen molar-refractivity contribution < 1.29 is 8.42 Å². The van der Waals surface area contributed by atoms with Crippen LogP contribution in [0.3, 0.4) is 0 Å². The summed E-state index contributed by atoms with van der Waals surface area (Å²) in [6.45, 7) is 4.46. The van der Waals surface area contributed by atoms with Gasteiger partial charge in [0.2, 0.25) is 0 Å². The fourth-order valence-corrected chi connectivity index (χ4v) is 2.00. The first-order chi connectivity index (χ1) is 5.99. The van der Waals surface area contributed by atoms with E-state index in [1.807, 2.05) is 0 Å². The van der Waals surface area contributed by atoms with Crippen molar-refractivity contribution in [2.75, 3.05) is 19.6 Å². The van der Waals surface area contributed by atoms with Crippen LogP contribution in [0.25, 0.3) is 0 Å². The number of hydrogen-bond acceptors (Lipinski definition) is 3. The van der Waals surface area contributed by atoms with Crippen LogP contribution in [0.5, 0.6) is 0 Å². The fraction of sp³-hybridized carbons (Fsp3) is 1.00. The number of rotatable bonds is 3. The molecule has 4 N–H and O–H groups in total. The summed E-state index contributed by atoms with van der Waals surface area (Å²) in [6.07, 6.45) is 1.09. The summed E-state index contributed by atoms with van der Waals surface area (Å²) in [5.41, 5.74) is 0. The highest BCUT2D eigenvalue weighted by Gasteiger charge is 2.21. The summed E-state index contributed by atoms with van der Waals surface area (Å²) in [5, 5.41) is 8.06. The predicted octanol–water partition coefficient (Wildman–Crippen LogP) is -0.975. The third kappa shape index (κ3) is 4.04. The molecule has 5 nitrogen and oxygen atoms in total. The van der Waals surface area contributed by atoms with Crippen molar-refractivity contribution in [3.05, 3.63) is 0 Å². The molecular formula is C7H17N3O2S. The van der Waals surface area contributed by atoms with Crippen molar-refractivity contribution >= 4 is 10.2 Å². The van der Waals surface area contributed by atoms with Gasteiger partial charge in [0.1, 0.15) is 0 Å². The predicted molar refractivity (Wildman–Crippen MR) is 51.3 cm³/mol. The van der Waals surface area contributed by atoms with Crippen molar-refractivity contribution in [1.29, 1.82) is 0 Å². The highest BCUT2D eigenvalue weighted by Crippen LogP contribution is 2.17. The van der Waals surface area contributed by atoms with E-state index in [0.29, 0.717) is 18.4 Å². The molecule has 0 amide bonds. The molecule has 0 bridgehead atoms. The first-order valence-electron chi connectivity index (χ1n) is 4.47. The van der Waals surface area contributed by atoms with Crippen molar-refractivity contribution in [3.63, 3.8) is 0 Å². The Kier molecular flexibility index (Phi) is 3.66. The Morgan fingerprint density at radius 2 is 2.31 bits per heavy atom. The van der Waals surface area contributed by atoms with Crippen molar-refractivity contribution in [2.24, 2.45) is 17.0 Å². The Morgan fingerprint density at radius 3 is 2.85 bits per heavy atom. The van der Waals surface area contributed by atoms with E-state index in [-0.39, 0.29) is 0 Å². The molecule has 1 aliphatic rings. The number of piperidine rings is 1. The Labute approximate surface area is 79.3 Å². The molecule has 0 aromatic carbocycles. The minimum Gasteiger partial charge on any atom is -0.316 e. The summed E-state index contributed by atoms with van der Waals surface area (Å²) in [4.78, 5) is 0. The fourth-order valence-electron chi connectivity index (χ4n) is 1.55. The lowest BCUT2D eigenvalue weighted by Crippen LogP contribution is -2.43. The molecule has 0 spiro atoms. The molecule has 78 valence electrons. The second kappa shape index (κ2) is 4.36. The second-order valence-corrected chi connectivity index (χ2v) is 5.00. The highest BCUT2D eigenvalue weighted by atomic mass is 32.2. The van der Waals surface area contributed by atoms with Crippen LogP contribution in [-0.2, 0) is 10.2 Å². The van der Waals surface area contributed by atoms with Crippen molar-refractivity contribution in [2.45, 2.75) is 13.3 Å². The van der Waals surface area contributed by atoms with E-state index in [1.165, 1.54) is 0 Å². The van der Waals surface area contributed by atoms with Gasteiger partial charge in [-0.2, -0.15) is 8.42 Å². The maximum Gasteiger partial charge on any atom is 0.274 e. The maximum atomic E-state index is 10.6. The summed E-state index contributed by atoms with van der Waals surface area (Å²) in [7, 11) is -3.52. The van der Waals surface area contributed by atoms with Crippen LogP contribution in [0.1, 0.15) is 13.3 Å². The van der Waals surface area contributed by atoms with E-state index < -0.39 is 10.2 Å². The van der Waals surface area contributed by atoms with Crippen molar-refractivity contribution in [1.82, 2.24) is 10.0 Å². The van der Waals surface area contributed by atoms with E-state index in [9.17, 15) is 8.42 Å². The molecule has 2 atom stereocenters. The van der Waals surface area contributed by atoms with Crippen LogP contribution in [-0.4, -0.2) is 28.1 Å². The molecule has 1 saturated heterocycles. The van der Waals surface area contributed by atoms with Gasteiger partial charge in [-0.25, -0.2) is 9.86 Å². The average molecular weight is 207 g/mol. The van der Waals surface area contributed by atoms with Gasteiger partial charge in [-0.05, 0) is 31.3 Å². The van der Waals surface area contributed by atoms with Gasteiger partial charge in [0.15, 0.2) is 0 Å². The zero-order valence-electron chi connectivity index (χ0n) is 7.79. The van der Waals surface area contributed by atoms with Gasteiger partial charge in [-0.15, -0.1) is 0 Å². The lowest BCUT2D eigenvalue weighted by atomic mass is 9.88. The average Bonchev–Trinajstić information content (AvgIpc) is 2.01. The summed E-state index contributed by atoms with van der Waals surface area (Å²) >= 11 is 0. The monoisotopic (exact) mass is 207 g/mol. The Bertz CT molecular complexity index is 252. The Balaban J connectivity index is 2.35. The van der Waals surface area contributed by atoms with Crippen LogP contribution < -0.4 is 15.2 Å². The van der Waals surface area contributed by atoms with Gasteiger partial charge in [-0.3, -0.25) is 0 Å². The first kappa shape index (κ1) is 10.9. The highest BCUT2D eigenvalue weighted by molar-refractivity contribution is 7.87. The molecule has 0 aromatic rings. The summed E-state index contributed by atoms with van der Waals surface area (Å²) in [6, 6.07) is 0. The topological polar surface area (TPSA) is 84.2 Å². The lowest BCUT2D eigenvalue weighted by Gasteiger charge is -2.29. The molecule has 1 fully saturated rings. The third-order valence-corrected chi connectivity index (χ3v) is 3.10. The largest absolute Gasteiger partial charge is 0.316 e. The molecule has 6 heteroatoms. The van der Waals surface area contributed by atoms with E-state index in [2.05, 4.69) is 17.0 Å². The molecule has 0 aliphatic carbocycles. The van der Waals surface area contributed by atoms with E-state index >= 15 is 0 Å². The van der Waals surface area contributed by atoms with E-state index in [1.54, 1.807) is 0 Å². The minimum atomic E-state index is -3.52. The molecule has 0 aromatic heterocycles. The second-order valence-electron chi connectivity index (χ2n) is 3.62. The van der Waals surface area contributed by atoms with Gasteiger partial charge in [0.05, 0.1) is 0 Å². The Hall–Kier alpha value is -0.170. The van der Waals surface area contributed by atoms with E-state index in [0.717, 1.165) is 19.5 Å². The zero-order valence-corrected chi connectivity index (χ0v) is 8.60. The molecule has 13 heavy (non-hydrogen) atoms. The Morgan fingerprint density at radius 1 is 1.62 bits per heavy atom. The molecule has 2 unspecified atom stereocenters. The molecule has 1 rings (SSSR count). The van der Waals surface area contributed by atoms with E-state index in [4.69, 9.17) is 5.14 Å². The maximum absolute atomic E-state index is 10.6. The van der Waals surface area contributed by atoms with Gasteiger partial charge in [0, 0.05) is 6.54 Å². The van der Waals surface area contributed by atoms with Crippen LogP contribution in [0.15, 0.2) is 0 Å². The lowest BCUT2D eigenvalue weighted by molar-refractivity contribution is 0.275. The smallest absolute Gasteiger partial charge is 0.274 e. The van der Waals surface area contributed by atoms with Crippen LogP contribution in [0.2, 0.25) is 0 Å². The van der Waals surface area contributed by atoms with Crippen molar-refractivity contribution in [3.8, 4) is 0 Å². The first-order valence-corrected chi connectivity index (χ1v) is 6.02. The molecular weight excluding hydrogens is 190 g/mol. The normalized spacial score (nSPS) is 30.3. The van der Waals surface area contributed by atoms with Crippen LogP contribution in [0, 0.1) is 11.8 Å². The standard InChI is InChI=1S/C7H17N3O2S/c1-6-2-3-9-4-7(6)5-10-13(8,11)12/h6-7,9-10H,2-5H2,1H3,(H2,8,11,12). The number of hydrogen-bond donors (Lipinski definition) is 3. The minimum absolute atomic E-state index is 0.354. The molecule has 0 radical (unpaired) electrons. The SMILES string of the molecule is CC1CCNCC1CNS(N)(=O)=O. The van der Waals surface area contributed by atoms with Crippen LogP contribution >= 0.6 is 0 Å². The van der Waals surface area contributed by atoms with Gasteiger partial charge in [0.25, 0.3) is 10.2 Å².